The lowest BCUT2D eigenvalue weighted by molar-refractivity contribution is 0.0773. The van der Waals surface area contributed by atoms with Gasteiger partial charge in [0.15, 0.2) is 17.3 Å². The molecular formula is C32H34N4O5. The molecule has 1 atom stereocenters. The van der Waals surface area contributed by atoms with Crippen LogP contribution in [0.4, 0.5) is 0 Å². The van der Waals surface area contributed by atoms with Crippen LogP contribution in [0.2, 0.25) is 0 Å². The quantitative estimate of drug-likeness (QED) is 0.329. The largest absolute Gasteiger partial charge is 0.487 e. The summed E-state index contributed by atoms with van der Waals surface area (Å²) in [4.78, 5) is 22.1. The summed E-state index contributed by atoms with van der Waals surface area (Å²) in [5.74, 6) is 2.76. The van der Waals surface area contributed by atoms with Gasteiger partial charge in [-0.2, -0.15) is 0 Å². The zero-order chi connectivity index (χ0) is 28.0. The molecule has 2 aliphatic rings. The number of nitrogens with one attached hydrogen (secondary N) is 1. The maximum absolute atomic E-state index is 12.8. The molecule has 2 aliphatic heterocycles. The Morgan fingerprint density at radius 2 is 1.85 bits per heavy atom. The summed E-state index contributed by atoms with van der Waals surface area (Å²) in [7, 11) is 2.13. The Morgan fingerprint density at radius 1 is 1.00 bits per heavy atom. The maximum Gasteiger partial charge on any atom is 0.287 e. The zero-order valence-electron chi connectivity index (χ0n) is 23.1. The Balaban J connectivity index is 1.04. The fourth-order valence-corrected chi connectivity index (χ4v) is 4.91. The molecule has 1 saturated heterocycles. The van der Waals surface area contributed by atoms with Crippen molar-refractivity contribution in [2.75, 3.05) is 46.4 Å². The minimum Gasteiger partial charge on any atom is -0.487 e. The molecule has 9 heteroatoms. The van der Waals surface area contributed by atoms with Gasteiger partial charge in [-0.3, -0.25) is 14.7 Å². The second-order valence-electron chi connectivity index (χ2n) is 10.4. The number of piperazine rings is 1. The molecule has 0 radical (unpaired) electrons. The number of furan rings is 1. The lowest BCUT2D eigenvalue weighted by atomic mass is 10.1. The van der Waals surface area contributed by atoms with E-state index in [1.807, 2.05) is 66.7 Å². The number of fused-ring (bicyclic) bond motifs is 1. The standard InChI is InChI=1S/C32H34N4O5/c1-35-14-16-36(17-15-35)20-25-11-13-30(40-25)32(37)34-19-26-22-39-29-9-5-8-27(31(29)41-26)28-12-10-24(18-33-28)38-21-23-6-3-2-4-7-23/h2-13,18,26H,14-17,19-22H2,1H3,(H,34,37). The SMILES string of the molecule is CN1CCN(Cc2ccc(C(=O)NCC3COc4cccc(-c5ccc(OCc6ccccc6)cn5)c4O3)o2)CC1. The molecule has 1 unspecified atom stereocenters. The Kier molecular flexibility index (Phi) is 8.16. The van der Waals surface area contributed by atoms with Gasteiger partial charge >= 0.3 is 0 Å². The minimum atomic E-state index is -0.360. The molecule has 0 bridgehead atoms. The smallest absolute Gasteiger partial charge is 0.287 e. The highest BCUT2D eigenvalue weighted by Crippen LogP contribution is 2.40. The van der Waals surface area contributed by atoms with Gasteiger partial charge in [0.25, 0.3) is 5.91 Å². The van der Waals surface area contributed by atoms with E-state index < -0.39 is 0 Å². The number of hydrogen-bond donors (Lipinski definition) is 1. The van der Waals surface area contributed by atoms with Crippen LogP contribution in [0.5, 0.6) is 17.2 Å². The molecule has 0 aliphatic carbocycles. The second kappa shape index (κ2) is 12.4. The number of hydrogen-bond acceptors (Lipinski definition) is 8. The number of likely N-dealkylation sites (N-methyl/N-ethyl adjacent to an activating group) is 1. The van der Waals surface area contributed by atoms with E-state index >= 15 is 0 Å². The molecule has 1 fully saturated rings. The molecular weight excluding hydrogens is 520 g/mol. The van der Waals surface area contributed by atoms with E-state index in [1.165, 1.54) is 0 Å². The molecule has 4 heterocycles. The Morgan fingerprint density at radius 3 is 2.66 bits per heavy atom. The van der Waals surface area contributed by atoms with Crippen LogP contribution in [-0.2, 0) is 13.2 Å². The van der Waals surface area contributed by atoms with E-state index in [9.17, 15) is 4.79 Å². The highest BCUT2D eigenvalue weighted by molar-refractivity contribution is 5.91. The average Bonchev–Trinajstić information content (AvgIpc) is 3.49. The van der Waals surface area contributed by atoms with E-state index in [2.05, 4.69) is 27.1 Å². The first-order valence-electron chi connectivity index (χ1n) is 13.9. The number of carbonyl (C=O) groups excluding carboxylic acids is 1. The number of nitrogens with zero attached hydrogens (tertiary/aromatic N) is 3. The van der Waals surface area contributed by atoms with Gasteiger partial charge in [0, 0.05) is 31.7 Å². The number of para-hydroxylation sites is 1. The zero-order valence-corrected chi connectivity index (χ0v) is 23.1. The summed E-state index contributed by atoms with van der Waals surface area (Å²) in [6.07, 6.45) is 1.35. The van der Waals surface area contributed by atoms with Gasteiger partial charge in [0.1, 0.15) is 30.8 Å². The van der Waals surface area contributed by atoms with E-state index in [0.717, 1.165) is 48.8 Å². The summed E-state index contributed by atoms with van der Waals surface area (Å²) >= 11 is 0. The fourth-order valence-electron chi connectivity index (χ4n) is 4.91. The number of aromatic nitrogens is 1. The molecule has 2 aromatic heterocycles. The highest BCUT2D eigenvalue weighted by atomic mass is 16.6. The Bertz CT molecular complexity index is 1450. The van der Waals surface area contributed by atoms with E-state index in [4.69, 9.17) is 18.6 Å². The number of pyridine rings is 1. The molecule has 212 valence electrons. The van der Waals surface area contributed by atoms with Crippen LogP contribution >= 0.6 is 0 Å². The van der Waals surface area contributed by atoms with Crippen molar-refractivity contribution in [1.82, 2.24) is 20.1 Å². The first kappa shape index (κ1) is 26.9. The van der Waals surface area contributed by atoms with Crippen LogP contribution in [-0.4, -0.2) is 73.2 Å². The first-order valence-corrected chi connectivity index (χ1v) is 13.9. The van der Waals surface area contributed by atoms with Crippen LogP contribution in [0.3, 0.4) is 0 Å². The topological polar surface area (TPSA) is 89.3 Å². The average molecular weight is 555 g/mol. The molecule has 9 nitrogen and oxygen atoms in total. The number of amides is 1. The third kappa shape index (κ3) is 6.70. The van der Waals surface area contributed by atoms with Crippen LogP contribution in [0.25, 0.3) is 11.3 Å². The van der Waals surface area contributed by atoms with Crippen LogP contribution in [0.15, 0.2) is 83.4 Å². The Hall–Kier alpha value is -4.34. The molecule has 1 N–H and O–H groups in total. The van der Waals surface area contributed by atoms with Gasteiger partial charge in [-0.1, -0.05) is 36.4 Å². The maximum atomic E-state index is 12.8. The summed E-state index contributed by atoms with van der Waals surface area (Å²) in [6.45, 7) is 5.83. The second-order valence-corrected chi connectivity index (χ2v) is 10.4. The van der Waals surface area contributed by atoms with Crippen molar-refractivity contribution in [2.45, 2.75) is 19.3 Å². The number of ether oxygens (including phenoxy) is 3. The predicted octanol–water partition coefficient (Wildman–Crippen LogP) is 4.24. The van der Waals surface area contributed by atoms with E-state index in [0.29, 0.717) is 42.8 Å². The molecule has 2 aromatic carbocycles. The Labute approximate surface area is 239 Å². The fraction of sp³-hybridized carbons (Fsp3) is 0.312. The molecule has 41 heavy (non-hydrogen) atoms. The highest BCUT2D eigenvalue weighted by Gasteiger charge is 2.26. The van der Waals surface area contributed by atoms with Crippen molar-refractivity contribution in [1.29, 1.82) is 0 Å². The summed E-state index contributed by atoms with van der Waals surface area (Å²) < 4.78 is 24.0. The number of carbonyl (C=O) groups is 1. The summed E-state index contributed by atoms with van der Waals surface area (Å²) in [5.41, 5.74) is 2.65. The molecule has 1 amide bonds. The van der Waals surface area contributed by atoms with Crippen LogP contribution in [0.1, 0.15) is 21.9 Å². The van der Waals surface area contributed by atoms with Gasteiger partial charge in [-0.05, 0) is 49.0 Å². The van der Waals surface area contributed by atoms with Gasteiger partial charge in [-0.15, -0.1) is 0 Å². The first-order chi connectivity index (χ1) is 20.1. The summed E-state index contributed by atoms with van der Waals surface area (Å²) in [5, 5.41) is 2.93. The monoisotopic (exact) mass is 554 g/mol. The molecule has 0 saturated carbocycles. The van der Waals surface area contributed by atoms with Gasteiger partial charge < -0.3 is 28.8 Å². The number of rotatable bonds is 9. The van der Waals surface area contributed by atoms with E-state index in [-0.39, 0.29) is 18.6 Å². The van der Waals surface area contributed by atoms with Crippen LogP contribution in [0, 0.1) is 0 Å². The van der Waals surface area contributed by atoms with Crippen molar-refractivity contribution < 1.29 is 23.4 Å². The molecule has 0 spiro atoms. The molecule has 4 aromatic rings. The van der Waals surface area contributed by atoms with Crippen molar-refractivity contribution in [2.24, 2.45) is 0 Å². The van der Waals surface area contributed by atoms with Gasteiger partial charge in [0.05, 0.1) is 25.0 Å². The van der Waals surface area contributed by atoms with Gasteiger partial charge in [-0.25, -0.2) is 0 Å². The van der Waals surface area contributed by atoms with Crippen molar-refractivity contribution in [3.05, 3.63) is 96.1 Å². The van der Waals surface area contributed by atoms with Crippen molar-refractivity contribution >= 4 is 5.91 Å². The van der Waals surface area contributed by atoms with E-state index in [1.54, 1.807) is 12.3 Å². The minimum absolute atomic E-state index is 0.273. The third-order valence-corrected chi connectivity index (χ3v) is 7.30. The lowest BCUT2D eigenvalue weighted by Crippen LogP contribution is -2.43. The predicted molar refractivity (Wildman–Crippen MR) is 154 cm³/mol. The molecule has 6 rings (SSSR count). The lowest BCUT2D eigenvalue weighted by Gasteiger charge is -2.31. The number of benzene rings is 2. The normalized spacial score (nSPS) is 17.2. The van der Waals surface area contributed by atoms with Gasteiger partial charge in [0.2, 0.25) is 0 Å². The van der Waals surface area contributed by atoms with Crippen LogP contribution < -0.4 is 19.5 Å². The third-order valence-electron chi connectivity index (χ3n) is 7.30. The summed E-state index contributed by atoms with van der Waals surface area (Å²) in [6, 6.07) is 23.1. The van der Waals surface area contributed by atoms with Crippen molar-refractivity contribution in [3.8, 4) is 28.5 Å². The van der Waals surface area contributed by atoms with Crippen molar-refractivity contribution in [3.63, 3.8) is 0 Å².